The highest BCUT2D eigenvalue weighted by molar-refractivity contribution is 5.92. The van der Waals surface area contributed by atoms with Gasteiger partial charge in [0, 0.05) is 23.4 Å². The number of anilines is 1. The second kappa shape index (κ2) is 6.51. The van der Waals surface area contributed by atoms with E-state index in [4.69, 9.17) is 4.74 Å². The predicted molar refractivity (Wildman–Crippen MR) is 78.4 cm³/mol. The third kappa shape index (κ3) is 3.79. The van der Waals surface area contributed by atoms with Crippen LogP contribution >= 0.6 is 0 Å². The maximum atomic E-state index is 12.0. The van der Waals surface area contributed by atoms with Gasteiger partial charge in [-0.05, 0) is 12.1 Å². The molecule has 0 fully saturated rings. The molecule has 0 saturated heterocycles. The van der Waals surface area contributed by atoms with E-state index in [0.29, 0.717) is 11.4 Å². The van der Waals surface area contributed by atoms with Gasteiger partial charge in [-0.2, -0.15) is 0 Å². The molecule has 2 rings (SSSR count). The summed E-state index contributed by atoms with van der Waals surface area (Å²) in [5.41, 5.74) is 1.08. The number of rotatable bonds is 5. The van der Waals surface area contributed by atoms with Crippen LogP contribution in [-0.4, -0.2) is 17.9 Å². The summed E-state index contributed by atoms with van der Waals surface area (Å²) in [5, 5.41) is 13.3. The fourth-order valence-corrected chi connectivity index (χ4v) is 1.92. The standard InChI is InChI=1S/C15H14N2O4/c1-21-14-8-3-2-5-11(14)9-15(18)16-12-6-4-7-13(10-12)17(19)20/h2-8,10H,9H2,1H3,(H,16,18). The van der Waals surface area contributed by atoms with E-state index in [1.54, 1.807) is 18.2 Å². The zero-order chi connectivity index (χ0) is 15.2. The Morgan fingerprint density at radius 2 is 2.00 bits per heavy atom. The predicted octanol–water partition coefficient (Wildman–Crippen LogP) is 2.78. The van der Waals surface area contributed by atoms with Crippen molar-refractivity contribution in [2.45, 2.75) is 6.42 Å². The molecule has 0 aliphatic rings. The van der Waals surface area contributed by atoms with Crippen LogP contribution in [0.3, 0.4) is 0 Å². The van der Waals surface area contributed by atoms with E-state index in [0.717, 1.165) is 5.56 Å². The Bertz CT molecular complexity index is 670. The van der Waals surface area contributed by atoms with Crippen LogP contribution in [0.15, 0.2) is 48.5 Å². The van der Waals surface area contributed by atoms with Crippen molar-refractivity contribution >= 4 is 17.3 Å². The maximum absolute atomic E-state index is 12.0. The number of para-hydroxylation sites is 1. The maximum Gasteiger partial charge on any atom is 0.271 e. The minimum Gasteiger partial charge on any atom is -0.496 e. The molecule has 0 aromatic heterocycles. The molecule has 0 radical (unpaired) electrons. The number of hydrogen-bond donors (Lipinski definition) is 1. The van der Waals surface area contributed by atoms with Crippen molar-refractivity contribution < 1.29 is 14.5 Å². The van der Waals surface area contributed by atoms with Gasteiger partial charge in [0.25, 0.3) is 5.69 Å². The van der Waals surface area contributed by atoms with Gasteiger partial charge in [0.2, 0.25) is 5.91 Å². The molecule has 0 aliphatic carbocycles. The van der Waals surface area contributed by atoms with E-state index in [2.05, 4.69) is 5.32 Å². The minimum atomic E-state index is -0.504. The third-order valence-corrected chi connectivity index (χ3v) is 2.88. The number of nitrogens with one attached hydrogen (secondary N) is 1. The molecule has 0 saturated carbocycles. The molecule has 6 heteroatoms. The highest BCUT2D eigenvalue weighted by Gasteiger charge is 2.10. The zero-order valence-corrected chi connectivity index (χ0v) is 11.4. The Hall–Kier alpha value is -2.89. The van der Waals surface area contributed by atoms with Gasteiger partial charge in [-0.1, -0.05) is 24.3 Å². The molecule has 0 aliphatic heterocycles. The van der Waals surface area contributed by atoms with Crippen LogP contribution < -0.4 is 10.1 Å². The Morgan fingerprint density at radius 1 is 1.24 bits per heavy atom. The lowest BCUT2D eigenvalue weighted by atomic mass is 10.1. The second-order valence-electron chi connectivity index (χ2n) is 4.34. The van der Waals surface area contributed by atoms with E-state index >= 15 is 0 Å². The van der Waals surface area contributed by atoms with E-state index in [1.807, 2.05) is 12.1 Å². The molecule has 21 heavy (non-hydrogen) atoms. The van der Waals surface area contributed by atoms with Crippen LogP contribution in [0.1, 0.15) is 5.56 Å². The molecule has 0 unspecified atom stereocenters. The fraction of sp³-hybridized carbons (Fsp3) is 0.133. The third-order valence-electron chi connectivity index (χ3n) is 2.88. The average Bonchev–Trinajstić information content (AvgIpc) is 2.48. The SMILES string of the molecule is COc1ccccc1CC(=O)Nc1cccc([N+](=O)[O-])c1. The number of nitrogens with zero attached hydrogens (tertiary/aromatic N) is 1. The first kappa shape index (κ1) is 14.5. The summed E-state index contributed by atoms with van der Waals surface area (Å²) in [5.74, 6) is 0.367. The molecule has 2 aromatic rings. The van der Waals surface area contributed by atoms with Crippen LogP contribution in [0, 0.1) is 10.1 Å². The summed E-state index contributed by atoms with van der Waals surface area (Å²) in [4.78, 5) is 22.2. The molecular weight excluding hydrogens is 272 g/mol. The number of amides is 1. The van der Waals surface area contributed by atoms with Crippen LogP contribution in [0.5, 0.6) is 5.75 Å². The smallest absolute Gasteiger partial charge is 0.271 e. The van der Waals surface area contributed by atoms with Crippen molar-refractivity contribution in [3.63, 3.8) is 0 Å². The Labute approximate surface area is 121 Å². The quantitative estimate of drug-likeness (QED) is 0.677. The molecule has 2 aromatic carbocycles. The summed E-state index contributed by atoms with van der Waals surface area (Å²) < 4.78 is 5.18. The van der Waals surface area contributed by atoms with Crippen LogP contribution in [0.25, 0.3) is 0 Å². The minimum absolute atomic E-state index is 0.0647. The van der Waals surface area contributed by atoms with Crippen molar-refractivity contribution in [1.29, 1.82) is 0 Å². The molecule has 0 spiro atoms. The van der Waals surface area contributed by atoms with Crippen molar-refractivity contribution in [2.24, 2.45) is 0 Å². The van der Waals surface area contributed by atoms with E-state index in [1.165, 1.54) is 25.3 Å². The molecule has 1 amide bonds. The fourth-order valence-electron chi connectivity index (χ4n) is 1.92. The van der Waals surface area contributed by atoms with Gasteiger partial charge in [-0.15, -0.1) is 0 Å². The second-order valence-corrected chi connectivity index (χ2v) is 4.34. The van der Waals surface area contributed by atoms with Gasteiger partial charge in [0.1, 0.15) is 5.75 Å². The summed E-state index contributed by atoms with van der Waals surface area (Å²) in [6.07, 6.45) is 0.132. The number of carbonyl (C=O) groups excluding carboxylic acids is 1. The number of benzene rings is 2. The molecule has 0 heterocycles. The van der Waals surface area contributed by atoms with Gasteiger partial charge < -0.3 is 10.1 Å². The van der Waals surface area contributed by atoms with Gasteiger partial charge in [-0.3, -0.25) is 14.9 Å². The average molecular weight is 286 g/mol. The monoisotopic (exact) mass is 286 g/mol. The molecule has 1 N–H and O–H groups in total. The van der Waals surface area contributed by atoms with Crippen molar-refractivity contribution in [3.05, 3.63) is 64.2 Å². The van der Waals surface area contributed by atoms with Gasteiger partial charge in [-0.25, -0.2) is 0 Å². The van der Waals surface area contributed by atoms with Crippen molar-refractivity contribution in [3.8, 4) is 5.75 Å². The zero-order valence-electron chi connectivity index (χ0n) is 11.4. The van der Waals surface area contributed by atoms with Crippen LogP contribution in [-0.2, 0) is 11.2 Å². The Balaban J connectivity index is 2.08. The highest BCUT2D eigenvalue weighted by atomic mass is 16.6. The summed E-state index contributed by atoms with van der Waals surface area (Å²) >= 11 is 0. The van der Waals surface area contributed by atoms with E-state index < -0.39 is 4.92 Å². The summed E-state index contributed by atoms with van der Waals surface area (Å²) in [6, 6.07) is 13.0. The number of hydrogen-bond acceptors (Lipinski definition) is 4. The van der Waals surface area contributed by atoms with E-state index in [9.17, 15) is 14.9 Å². The first-order valence-corrected chi connectivity index (χ1v) is 6.26. The molecule has 108 valence electrons. The molecular formula is C15H14N2O4. The van der Waals surface area contributed by atoms with Crippen LogP contribution in [0.4, 0.5) is 11.4 Å². The van der Waals surface area contributed by atoms with Crippen LogP contribution in [0.2, 0.25) is 0 Å². The van der Waals surface area contributed by atoms with Gasteiger partial charge in [0.05, 0.1) is 18.5 Å². The number of non-ortho nitro benzene ring substituents is 1. The topological polar surface area (TPSA) is 81.5 Å². The first-order chi connectivity index (χ1) is 10.1. The van der Waals surface area contributed by atoms with Crippen molar-refractivity contribution in [2.75, 3.05) is 12.4 Å². The molecule has 0 atom stereocenters. The highest BCUT2D eigenvalue weighted by Crippen LogP contribution is 2.20. The lowest BCUT2D eigenvalue weighted by molar-refractivity contribution is -0.384. The summed E-state index contributed by atoms with van der Waals surface area (Å²) in [7, 11) is 1.54. The summed E-state index contributed by atoms with van der Waals surface area (Å²) in [6.45, 7) is 0. The molecule has 0 bridgehead atoms. The first-order valence-electron chi connectivity index (χ1n) is 6.26. The van der Waals surface area contributed by atoms with E-state index in [-0.39, 0.29) is 18.0 Å². The molecule has 6 nitrogen and oxygen atoms in total. The number of nitro benzene ring substituents is 1. The van der Waals surface area contributed by atoms with Crippen molar-refractivity contribution in [1.82, 2.24) is 0 Å². The number of methoxy groups -OCH3 is 1. The van der Waals surface area contributed by atoms with Gasteiger partial charge >= 0.3 is 0 Å². The normalized spacial score (nSPS) is 9.95. The largest absolute Gasteiger partial charge is 0.496 e. The lowest BCUT2D eigenvalue weighted by Gasteiger charge is -2.08. The Morgan fingerprint density at radius 3 is 2.71 bits per heavy atom. The van der Waals surface area contributed by atoms with Gasteiger partial charge in [0.15, 0.2) is 0 Å². The number of carbonyl (C=O) groups is 1. The lowest BCUT2D eigenvalue weighted by Crippen LogP contribution is -2.15. The Kier molecular flexibility index (Phi) is 4.50. The number of ether oxygens (including phenoxy) is 1. The number of nitro groups is 1.